The molecule has 1 atom stereocenters. The van der Waals surface area contributed by atoms with E-state index in [1.807, 2.05) is 6.92 Å². The standard InChI is InChI=1S/C14H21ClN2O2S/c1-2-17(11-12-5-4-8-16-10-12)20(18,19)14-7-3-6-13(15)9-14/h3,6-7,9,12,16H,2,4-5,8,10-11H2,1H3. The van der Waals surface area contributed by atoms with Gasteiger partial charge in [0.15, 0.2) is 0 Å². The van der Waals surface area contributed by atoms with Crippen LogP contribution in [0.2, 0.25) is 5.02 Å². The first-order chi connectivity index (χ1) is 9.54. The average Bonchev–Trinajstić information content (AvgIpc) is 2.45. The van der Waals surface area contributed by atoms with Gasteiger partial charge in [0, 0.05) is 18.1 Å². The summed E-state index contributed by atoms with van der Waals surface area (Å²) in [6.07, 6.45) is 2.19. The Bertz CT molecular complexity index is 542. The lowest BCUT2D eigenvalue weighted by atomic mass is 10.00. The molecule has 0 amide bonds. The van der Waals surface area contributed by atoms with Crippen molar-refractivity contribution in [2.75, 3.05) is 26.2 Å². The molecular formula is C14H21ClN2O2S. The third-order valence-corrected chi connectivity index (χ3v) is 5.82. The second-order valence-corrected chi connectivity index (χ2v) is 7.50. The van der Waals surface area contributed by atoms with Gasteiger partial charge in [-0.3, -0.25) is 0 Å². The third kappa shape index (κ3) is 3.73. The molecular weight excluding hydrogens is 296 g/mol. The van der Waals surface area contributed by atoms with E-state index in [-0.39, 0.29) is 4.90 Å². The molecule has 0 aliphatic carbocycles. The van der Waals surface area contributed by atoms with Crippen molar-refractivity contribution in [2.24, 2.45) is 5.92 Å². The van der Waals surface area contributed by atoms with Crippen molar-refractivity contribution in [3.63, 3.8) is 0 Å². The van der Waals surface area contributed by atoms with Crippen LogP contribution in [0.1, 0.15) is 19.8 Å². The molecule has 1 unspecified atom stereocenters. The highest BCUT2D eigenvalue weighted by molar-refractivity contribution is 7.89. The van der Waals surface area contributed by atoms with E-state index in [1.54, 1.807) is 22.5 Å². The van der Waals surface area contributed by atoms with Crippen LogP contribution in [0.25, 0.3) is 0 Å². The zero-order valence-corrected chi connectivity index (χ0v) is 13.3. The second-order valence-electron chi connectivity index (χ2n) is 5.13. The summed E-state index contributed by atoms with van der Waals surface area (Å²) in [5.74, 6) is 0.387. The van der Waals surface area contributed by atoms with E-state index in [4.69, 9.17) is 11.6 Å². The number of benzene rings is 1. The molecule has 0 saturated carbocycles. The van der Waals surface area contributed by atoms with Crippen LogP contribution in [-0.2, 0) is 10.0 Å². The van der Waals surface area contributed by atoms with Crippen LogP contribution in [0, 0.1) is 5.92 Å². The van der Waals surface area contributed by atoms with Gasteiger partial charge in [-0.1, -0.05) is 24.6 Å². The number of hydrogen-bond acceptors (Lipinski definition) is 3. The lowest BCUT2D eigenvalue weighted by Crippen LogP contribution is -2.40. The van der Waals surface area contributed by atoms with Crippen LogP contribution in [0.5, 0.6) is 0 Å². The van der Waals surface area contributed by atoms with Gasteiger partial charge in [-0.15, -0.1) is 0 Å². The quantitative estimate of drug-likeness (QED) is 0.907. The molecule has 112 valence electrons. The minimum Gasteiger partial charge on any atom is -0.316 e. The maximum absolute atomic E-state index is 12.6. The molecule has 1 aromatic rings. The van der Waals surface area contributed by atoms with Gasteiger partial charge < -0.3 is 5.32 Å². The van der Waals surface area contributed by atoms with Gasteiger partial charge in [-0.25, -0.2) is 8.42 Å². The molecule has 1 fully saturated rings. The molecule has 1 aliphatic heterocycles. The Morgan fingerprint density at radius 2 is 2.25 bits per heavy atom. The minimum absolute atomic E-state index is 0.274. The van der Waals surface area contributed by atoms with E-state index in [9.17, 15) is 8.42 Å². The number of nitrogens with one attached hydrogen (secondary N) is 1. The van der Waals surface area contributed by atoms with Crippen LogP contribution in [-0.4, -0.2) is 38.9 Å². The molecule has 0 aromatic heterocycles. The smallest absolute Gasteiger partial charge is 0.243 e. The molecule has 4 nitrogen and oxygen atoms in total. The summed E-state index contributed by atoms with van der Waals surface area (Å²) in [7, 11) is -3.45. The molecule has 0 spiro atoms. The summed E-state index contributed by atoms with van der Waals surface area (Å²) in [6, 6.07) is 6.47. The largest absolute Gasteiger partial charge is 0.316 e. The zero-order valence-electron chi connectivity index (χ0n) is 11.7. The van der Waals surface area contributed by atoms with Gasteiger partial charge in [-0.05, 0) is 50.0 Å². The monoisotopic (exact) mass is 316 g/mol. The normalized spacial score (nSPS) is 20.2. The van der Waals surface area contributed by atoms with Crippen molar-refractivity contribution in [1.29, 1.82) is 0 Å². The molecule has 2 rings (SSSR count). The summed E-state index contributed by atoms with van der Waals surface area (Å²) in [6.45, 7) is 4.84. The van der Waals surface area contributed by atoms with Crippen molar-refractivity contribution < 1.29 is 8.42 Å². The number of nitrogens with zero attached hydrogens (tertiary/aromatic N) is 1. The van der Waals surface area contributed by atoms with E-state index in [0.717, 1.165) is 25.9 Å². The molecule has 20 heavy (non-hydrogen) atoms. The van der Waals surface area contributed by atoms with Gasteiger partial charge in [-0.2, -0.15) is 4.31 Å². The van der Waals surface area contributed by atoms with Gasteiger partial charge in [0.05, 0.1) is 4.90 Å². The molecule has 0 radical (unpaired) electrons. The number of halogens is 1. The van der Waals surface area contributed by atoms with E-state index >= 15 is 0 Å². The number of hydrogen-bond donors (Lipinski definition) is 1. The third-order valence-electron chi connectivity index (χ3n) is 3.65. The predicted molar refractivity (Wildman–Crippen MR) is 81.5 cm³/mol. The first-order valence-electron chi connectivity index (χ1n) is 7.00. The molecule has 1 N–H and O–H groups in total. The van der Waals surface area contributed by atoms with Crippen LogP contribution < -0.4 is 5.32 Å². The van der Waals surface area contributed by atoms with E-state index in [1.165, 1.54) is 6.07 Å². The first-order valence-corrected chi connectivity index (χ1v) is 8.82. The molecule has 1 aliphatic rings. The Balaban J connectivity index is 2.16. The topological polar surface area (TPSA) is 49.4 Å². The van der Waals surface area contributed by atoms with Crippen molar-refractivity contribution in [3.8, 4) is 0 Å². The summed E-state index contributed by atoms with van der Waals surface area (Å²) >= 11 is 5.90. The Morgan fingerprint density at radius 1 is 1.45 bits per heavy atom. The highest BCUT2D eigenvalue weighted by Crippen LogP contribution is 2.22. The van der Waals surface area contributed by atoms with E-state index in [2.05, 4.69) is 5.32 Å². The lowest BCUT2D eigenvalue weighted by Gasteiger charge is -2.29. The molecule has 0 bridgehead atoms. The lowest BCUT2D eigenvalue weighted by molar-refractivity contribution is 0.298. The molecule has 1 saturated heterocycles. The molecule has 1 heterocycles. The van der Waals surface area contributed by atoms with E-state index in [0.29, 0.717) is 24.0 Å². The van der Waals surface area contributed by atoms with Crippen molar-refractivity contribution in [2.45, 2.75) is 24.7 Å². The zero-order chi connectivity index (χ0) is 14.6. The van der Waals surface area contributed by atoms with Crippen molar-refractivity contribution in [1.82, 2.24) is 9.62 Å². The molecule has 6 heteroatoms. The summed E-state index contributed by atoms with van der Waals surface area (Å²) in [5, 5.41) is 3.77. The fourth-order valence-corrected chi connectivity index (χ4v) is 4.37. The fraction of sp³-hybridized carbons (Fsp3) is 0.571. The summed E-state index contributed by atoms with van der Waals surface area (Å²) < 4.78 is 26.8. The Labute approximate surface area is 126 Å². The van der Waals surface area contributed by atoms with Crippen LogP contribution in [0.3, 0.4) is 0 Å². The average molecular weight is 317 g/mol. The van der Waals surface area contributed by atoms with Crippen LogP contribution >= 0.6 is 11.6 Å². The van der Waals surface area contributed by atoms with Gasteiger partial charge in [0.1, 0.15) is 0 Å². The SMILES string of the molecule is CCN(CC1CCCNC1)S(=O)(=O)c1cccc(Cl)c1. The Kier molecular flexibility index (Phi) is 5.43. The summed E-state index contributed by atoms with van der Waals surface area (Å²) in [4.78, 5) is 0.274. The Morgan fingerprint density at radius 3 is 2.85 bits per heavy atom. The van der Waals surface area contributed by atoms with Crippen LogP contribution in [0.15, 0.2) is 29.2 Å². The van der Waals surface area contributed by atoms with Gasteiger partial charge in [0.25, 0.3) is 0 Å². The van der Waals surface area contributed by atoms with Crippen molar-refractivity contribution >= 4 is 21.6 Å². The molecule has 1 aromatic carbocycles. The van der Waals surface area contributed by atoms with Gasteiger partial charge >= 0.3 is 0 Å². The van der Waals surface area contributed by atoms with Gasteiger partial charge in [0.2, 0.25) is 10.0 Å². The number of piperidine rings is 1. The second kappa shape index (κ2) is 6.89. The fourth-order valence-electron chi connectivity index (χ4n) is 2.54. The maximum atomic E-state index is 12.6. The Hall–Kier alpha value is -0.620. The highest BCUT2D eigenvalue weighted by atomic mass is 35.5. The van der Waals surface area contributed by atoms with Crippen LogP contribution in [0.4, 0.5) is 0 Å². The predicted octanol–water partition coefficient (Wildman–Crippen LogP) is 2.35. The number of sulfonamides is 1. The first kappa shape index (κ1) is 15.8. The van der Waals surface area contributed by atoms with E-state index < -0.39 is 10.0 Å². The number of rotatable bonds is 5. The maximum Gasteiger partial charge on any atom is 0.243 e. The minimum atomic E-state index is -3.45. The van der Waals surface area contributed by atoms with Crippen molar-refractivity contribution in [3.05, 3.63) is 29.3 Å². The summed E-state index contributed by atoms with van der Waals surface area (Å²) in [5.41, 5.74) is 0. The highest BCUT2D eigenvalue weighted by Gasteiger charge is 2.26.